The van der Waals surface area contributed by atoms with E-state index in [2.05, 4.69) is 9.97 Å². The summed E-state index contributed by atoms with van der Waals surface area (Å²) in [6.07, 6.45) is 0.580. The van der Waals surface area contributed by atoms with Gasteiger partial charge in [-0.2, -0.15) is 0 Å². The van der Waals surface area contributed by atoms with Gasteiger partial charge in [0.2, 0.25) is 5.91 Å². The molecule has 3 N–H and O–H groups in total. The Hall–Kier alpha value is -1.73. The van der Waals surface area contributed by atoms with Gasteiger partial charge in [0.25, 0.3) is 5.56 Å². The Morgan fingerprint density at radius 2 is 2.37 bits per heavy atom. The van der Waals surface area contributed by atoms with Crippen LogP contribution in [0.4, 0.5) is 0 Å². The fourth-order valence-corrected chi connectivity index (χ4v) is 2.48. The average molecular weight is 280 g/mol. The number of nitrogens with one attached hydrogen (secondary N) is 1. The molecule has 2 heterocycles. The zero-order valence-electron chi connectivity index (χ0n) is 10.8. The minimum absolute atomic E-state index is 0.157. The standard InChI is InChI=1S/C12H16N4O2S/c1-3-7(13)12(18)16(2)6-9-14-8-4-5-19-10(8)11(17)15-9/h4-5,7H,3,6,13H2,1-2H3,(H,14,15,17)/t7-/m1/s1. The molecule has 0 aromatic carbocycles. The number of thiophene rings is 1. The number of carbonyl (C=O) groups is 1. The molecule has 6 nitrogen and oxygen atoms in total. The second kappa shape index (κ2) is 5.50. The van der Waals surface area contributed by atoms with Crippen LogP contribution in [0.15, 0.2) is 16.2 Å². The van der Waals surface area contributed by atoms with Crippen molar-refractivity contribution in [3.05, 3.63) is 27.6 Å². The quantitative estimate of drug-likeness (QED) is 0.861. The van der Waals surface area contributed by atoms with E-state index < -0.39 is 6.04 Å². The topological polar surface area (TPSA) is 92.1 Å². The van der Waals surface area contributed by atoms with E-state index >= 15 is 0 Å². The van der Waals surface area contributed by atoms with Crippen molar-refractivity contribution in [2.45, 2.75) is 25.9 Å². The third-order valence-corrected chi connectivity index (χ3v) is 3.79. The van der Waals surface area contributed by atoms with Crippen LogP contribution in [-0.4, -0.2) is 33.9 Å². The molecule has 7 heteroatoms. The third-order valence-electron chi connectivity index (χ3n) is 2.88. The van der Waals surface area contributed by atoms with E-state index in [4.69, 9.17) is 5.73 Å². The molecule has 2 aromatic rings. The van der Waals surface area contributed by atoms with Crippen molar-refractivity contribution in [2.24, 2.45) is 5.73 Å². The van der Waals surface area contributed by atoms with Gasteiger partial charge in [0.15, 0.2) is 0 Å². The van der Waals surface area contributed by atoms with Gasteiger partial charge in [-0.25, -0.2) is 4.98 Å². The number of nitrogens with zero attached hydrogens (tertiary/aromatic N) is 2. The Labute approximate surface area is 114 Å². The van der Waals surface area contributed by atoms with Gasteiger partial charge in [0, 0.05) is 7.05 Å². The molecule has 19 heavy (non-hydrogen) atoms. The number of likely N-dealkylation sites (N-methyl/N-ethyl adjacent to an activating group) is 1. The van der Waals surface area contributed by atoms with E-state index in [0.29, 0.717) is 22.5 Å². The van der Waals surface area contributed by atoms with Crippen LogP contribution >= 0.6 is 11.3 Å². The van der Waals surface area contributed by atoms with Crippen molar-refractivity contribution in [3.8, 4) is 0 Å². The molecule has 0 aliphatic rings. The first kappa shape index (κ1) is 13.7. The van der Waals surface area contributed by atoms with E-state index in [1.165, 1.54) is 16.2 Å². The van der Waals surface area contributed by atoms with Crippen LogP contribution in [0.3, 0.4) is 0 Å². The number of nitrogens with two attached hydrogens (primary N) is 1. The highest BCUT2D eigenvalue weighted by Gasteiger charge is 2.17. The summed E-state index contributed by atoms with van der Waals surface area (Å²) >= 11 is 1.35. The molecule has 0 spiro atoms. The van der Waals surface area contributed by atoms with Gasteiger partial charge in [-0.05, 0) is 17.9 Å². The van der Waals surface area contributed by atoms with Crippen LogP contribution in [0, 0.1) is 0 Å². The first-order valence-corrected chi connectivity index (χ1v) is 6.87. The highest BCUT2D eigenvalue weighted by Crippen LogP contribution is 2.14. The number of rotatable bonds is 4. The molecule has 0 bridgehead atoms. The Balaban J connectivity index is 2.21. The van der Waals surface area contributed by atoms with Crippen molar-refractivity contribution in [1.82, 2.24) is 14.9 Å². The van der Waals surface area contributed by atoms with Crippen molar-refractivity contribution >= 4 is 27.5 Å². The molecule has 1 atom stereocenters. The van der Waals surface area contributed by atoms with Crippen LogP contribution in [0.1, 0.15) is 19.2 Å². The Morgan fingerprint density at radius 3 is 3.05 bits per heavy atom. The summed E-state index contributed by atoms with van der Waals surface area (Å²) in [6.45, 7) is 2.10. The van der Waals surface area contributed by atoms with Gasteiger partial charge in [-0.15, -0.1) is 11.3 Å². The van der Waals surface area contributed by atoms with Crippen LogP contribution < -0.4 is 11.3 Å². The summed E-state index contributed by atoms with van der Waals surface area (Å²) in [7, 11) is 1.65. The van der Waals surface area contributed by atoms with Crippen LogP contribution in [0.2, 0.25) is 0 Å². The molecule has 1 amide bonds. The van der Waals surface area contributed by atoms with Gasteiger partial charge in [-0.1, -0.05) is 6.92 Å². The summed E-state index contributed by atoms with van der Waals surface area (Å²) in [6, 6.07) is 1.28. The van der Waals surface area contributed by atoms with Gasteiger partial charge in [0.1, 0.15) is 10.5 Å². The highest BCUT2D eigenvalue weighted by molar-refractivity contribution is 7.17. The number of amides is 1. The molecule has 0 radical (unpaired) electrons. The fraction of sp³-hybridized carbons (Fsp3) is 0.417. The number of aromatic amines is 1. The minimum atomic E-state index is -0.512. The molecule has 102 valence electrons. The van der Waals surface area contributed by atoms with Crippen molar-refractivity contribution < 1.29 is 4.79 Å². The van der Waals surface area contributed by atoms with Crippen molar-refractivity contribution in [2.75, 3.05) is 7.05 Å². The second-order valence-electron chi connectivity index (χ2n) is 4.36. The lowest BCUT2D eigenvalue weighted by Gasteiger charge is -2.19. The predicted molar refractivity (Wildman–Crippen MR) is 75.0 cm³/mol. The summed E-state index contributed by atoms with van der Waals surface area (Å²) < 4.78 is 0.600. The van der Waals surface area contributed by atoms with Gasteiger partial charge in [0.05, 0.1) is 18.1 Å². The smallest absolute Gasteiger partial charge is 0.268 e. The normalized spacial score (nSPS) is 12.6. The lowest BCUT2D eigenvalue weighted by Crippen LogP contribution is -2.41. The highest BCUT2D eigenvalue weighted by atomic mass is 32.1. The lowest BCUT2D eigenvalue weighted by atomic mass is 10.2. The Bertz CT molecular complexity index is 648. The van der Waals surface area contributed by atoms with Crippen molar-refractivity contribution in [3.63, 3.8) is 0 Å². The maximum Gasteiger partial charge on any atom is 0.268 e. The molecule has 0 saturated heterocycles. The Kier molecular flexibility index (Phi) is 3.96. The molecular weight excluding hydrogens is 264 g/mol. The van der Waals surface area contributed by atoms with Crippen molar-refractivity contribution in [1.29, 1.82) is 0 Å². The van der Waals surface area contributed by atoms with Gasteiger partial charge >= 0.3 is 0 Å². The summed E-state index contributed by atoms with van der Waals surface area (Å²) in [5.74, 6) is 0.311. The Morgan fingerprint density at radius 1 is 1.63 bits per heavy atom. The summed E-state index contributed by atoms with van der Waals surface area (Å²) in [5.41, 5.74) is 6.18. The molecule has 0 aliphatic carbocycles. The maximum absolute atomic E-state index is 11.9. The zero-order chi connectivity index (χ0) is 14.0. The fourth-order valence-electron chi connectivity index (χ4n) is 1.76. The number of aromatic nitrogens is 2. The molecule has 2 aromatic heterocycles. The van der Waals surface area contributed by atoms with E-state index in [9.17, 15) is 9.59 Å². The van der Waals surface area contributed by atoms with Gasteiger partial charge in [-0.3, -0.25) is 9.59 Å². The van der Waals surface area contributed by atoms with Gasteiger partial charge < -0.3 is 15.6 Å². The SMILES string of the molecule is CC[C@@H](N)C(=O)N(C)Cc1nc2ccsc2c(=O)[nH]1. The van der Waals surface area contributed by atoms with Crippen LogP contribution in [-0.2, 0) is 11.3 Å². The summed E-state index contributed by atoms with van der Waals surface area (Å²) in [4.78, 5) is 32.1. The number of hydrogen-bond acceptors (Lipinski definition) is 5. The molecule has 0 saturated carbocycles. The van der Waals surface area contributed by atoms with E-state index in [1.807, 2.05) is 12.3 Å². The van der Waals surface area contributed by atoms with Crippen LogP contribution in [0.5, 0.6) is 0 Å². The third kappa shape index (κ3) is 2.82. The van der Waals surface area contributed by atoms with E-state index in [0.717, 1.165) is 0 Å². The first-order chi connectivity index (χ1) is 9.02. The number of carbonyl (C=O) groups excluding carboxylic acids is 1. The minimum Gasteiger partial charge on any atom is -0.337 e. The molecule has 0 fully saturated rings. The number of fused-ring (bicyclic) bond motifs is 1. The molecular formula is C12H16N4O2S. The zero-order valence-corrected chi connectivity index (χ0v) is 11.7. The second-order valence-corrected chi connectivity index (χ2v) is 5.27. The van der Waals surface area contributed by atoms with E-state index in [-0.39, 0.29) is 18.0 Å². The molecule has 2 rings (SSSR count). The number of hydrogen-bond donors (Lipinski definition) is 2. The van der Waals surface area contributed by atoms with Crippen LogP contribution in [0.25, 0.3) is 10.2 Å². The monoisotopic (exact) mass is 280 g/mol. The lowest BCUT2D eigenvalue weighted by molar-refractivity contribution is -0.131. The first-order valence-electron chi connectivity index (χ1n) is 6.00. The largest absolute Gasteiger partial charge is 0.337 e. The summed E-state index contributed by atoms with van der Waals surface area (Å²) in [5, 5.41) is 1.82. The average Bonchev–Trinajstić information content (AvgIpc) is 2.85. The number of H-pyrrole nitrogens is 1. The maximum atomic E-state index is 11.9. The molecule has 0 unspecified atom stereocenters. The van der Waals surface area contributed by atoms with E-state index in [1.54, 1.807) is 13.1 Å². The predicted octanol–water partition coefficient (Wildman–Crippen LogP) is 0.680. The molecule has 0 aliphatic heterocycles.